The summed E-state index contributed by atoms with van der Waals surface area (Å²) in [6, 6.07) is 15.2. The molecule has 6 N–H and O–H groups in total. The number of rotatable bonds is 11. The van der Waals surface area contributed by atoms with Gasteiger partial charge >= 0.3 is 0 Å². The number of hydrogen-bond donors (Lipinski definition) is 5. The predicted octanol–water partition coefficient (Wildman–Crippen LogP) is 2.91. The lowest BCUT2D eigenvalue weighted by Gasteiger charge is -2.16. The van der Waals surface area contributed by atoms with E-state index < -0.39 is 27.8 Å². The van der Waals surface area contributed by atoms with Gasteiger partial charge in [0.05, 0.1) is 24.5 Å². The van der Waals surface area contributed by atoms with Gasteiger partial charge in [-0.15, -0.1) is 4.28 Å². The third kappa shape index (κ3) is 8.37. The molecule has 0 saturated carbocycles. The molecule has 0 saturated heterocycles. The van der Waals surface area contributed by atoms with E-state index in [1.54, 1.807) is 36.4 Å². The lowest BCUT2D eigenvalue weighted by molar-refractivity contribution is 0.0773. The number of hydrogen-bond acceptors (Lipinski definition) is 8. The van der Waals surface area contributed by atoms with E-state index in [4.69, 9.17) is 15.9 Å². The van der Waals surface area contributed by atoms with Gasteiger partial charge in [0.2, 0.25) is 0 Å². The molecule has 13 heteroatoms. The van der Waals surface area contributed by atoms with Crippen molar-refractivity contribution in [1.29, 1.82) is 5.41 Å². The molecule has 41 heavy (non-hydrogen) atoms. The van der Waals surface area contributed by atoms with Crippen molar-refractivity contribution >= 4 is 39.4 Å². The molecule has 0 unspecified atom stereocenters. The van der Waals surface area contributed by atoms with E-state index in [2.05, 4.69) is 14.9 Å². The van der Waals surface area contributed by atoms with Crippen LogP contribution in [0.2, 0.25) is 0 Å². The molecule has 0 spiro atoms. The highest BCUT2D eigenvalue weighted by Crippen LogP contribution is 2.32. The van der Waals surface area contributed by atoms with Gasteiger partial charge in [0, 0.05) is 23.4 Å². The second kappa shape index (κ2) is 13.1. The van der Waals surface area contributed by atoms with Crippen molar-refractivity contribution in [1.82, 2.24) is 10.8 Å². The Morgan fingerprint density at radius 3 is 2.02 bits per heavy atom. The van der Waals surface area contributed by atoms with Crippen LogP contribution in [0.5, 0.6) is 5.75 Å². The Morgan fingerprint density at radius 1 is 0.878 bits per heavy atom. The SMILES string of the molecule is COc1ccc(-c2ccc(C(=O)NCC(C)C)cc2C(=O)NOS(C)(=O)=O)c(C(=O)Nc2ccc(C(=N)N)cc2)c1. The maximum absolute atomic E-state index is 13.5. The maximum atomic E-state index is 13.5. The molecule has 0 aliphatic carbocycles. The molecule has 3 aromatic carbocycles. The van der Waals surface area contributed by atoms with Crippen LogP contribution in [0.25, 0.3) is 11.1 Å². The van der Waals surface area contributed by atoms with Crippen LogP contribution >= 0.6 is 0 Å². The summed E-state index contributed by atoms with van der Waals surface area (Å²) in [6.07, 6.45) is 0.763. The highest BCUT2D eigenvalue weighted by molar-refractivity contribution is 7.85. The summed E-state index contributed by atoms with van der Waals surface area (Å²) in [6.45, 7) is 4.26. The Hall–Kier alpha value is -4.75. The van der Waals surface area contributed by atoms with Crippen molar-refractivity contribution in [3.8, 4) is 16.9 Å². The van der Waals surface area contributed by atoms with E-state index >= 15 is 0 Å². The van der Waals surface area contributed by atoms with Crippen LogP contribution in [0, 0.1) is 11.3 Å². The zero-order chi connectivity index (χ0) is 30.3. The highest BCUT2D eigenvalue weighted by atomic mass is 32.2. The molecule has 0 heterocycles. The molecule has 3 aromatic rings. The third-order valence-electron chi connectivity index (χ3n) is 5.70. The average molecular weight is 582 g/mol. The van der Waals surface area contributed by atoms with Crippen molar-refractivity contribution in [3.05, 3.63) is 82.9 Å². The smallest absolute Gasteiger partial charge is 0.285 e. The molecule has 3 rings (SSSR count). The molecular weight excluding hydrogens is 550 g/mol. The van der Waals surface area contributed by atoms with Gasteiger partial charge in [-0.25, -0.2) is 5.48 Å². The number of nitrogens with one attached hydrogen (secondary N) is 4. The van der Waals surface area contributed by atoms with E-state index in [1.807, 2.05) is 19.3 Å². The number of nitrogen functional groups attached to an aromatic ring is 1. The summed E-state index contributed by atoms with van der Waals surface area (Å²) in [4.78, 5) is 39.3. The number of methoxy groups -OCH3 is 1. The lowest BCUT2D eigenvalue weighted by Crippen LogP contribution is -2.29. The number of nitrogens with two attached hydrogens (primary N) is 1. The van der Waals surface area contributed by atoms with Gasteiger partial charge in [0.1, 0.15) is 11.6 Å². The van der Waals surface area contributed by atoms with Crippen LogP contribution in [0.15, 0.2) is 60.7 Å². The van der Waals surface area contributed by atoms with Crippen molar-refractivity contribution in [3.63, 3.8) is 0 Å². The van der Waals surface area contributed by atoms with Crippen LogP contribution in [-0.4, -0.2) is 51.9 Å². The normalized spacial score (nSPS) is 11.0. The first kappa shape index (κ1) is 30.8. The van der Waals surface area contributed by atoms with Gasteiger partial charge in [-0.05, 0) is 71.6 Å². The van der Waals surface area contributed by atoms with E-state index in [-0.39, 0.29) is 34.0 Å². The quantitative estimate of drug-likeness (QED) is 0.130. The number of anilines is 1. The molecule has 0 fully saturated rings. The fourth-order valence-corrected chi connectivity index (χ4v) is 3.91. The summed E-state index contributed by atoms with van der Waals surface area (Å²) >= 11 is 0. The molecule has 0 aliphatic heterocycles. The van der Waals surface area contributed by atoms with Crippen LogP contribution < -0.4 is 26.6 Å². The minimum absolute atomic E-state index is 0.115. The summed E-state index contributed by atoms with van der Waals surface area (Å²) in [5, 5.41) is 13.1. The Labute approximate surface area is 237 Å². The van der Waals surface area contributed by atoms with E-state index in [9.17, 15) is 22.8 Å². The average Bonchev–Trinajstić information content (AvgIpc) is 2.93. The molecule has 0 atom stereocenters. The van der Waals surface area contributed by atoms with E-state index in [1.165, 1.54) is 31.4 Å². The first-order valence-electron chi connectivity index (χ1n) is 12.3. The molecule has 0 bridgehead atoms. The Bertz CT molecular complexity index is 1590. The number of ether oxygens (including phenoxy) is 1. The number of hydroxylamine groups is 1. The van der Waals surface area contributed by atoms with Crippen LogP contribution in [-0.2, 0) is 14.4 Å². The minimum Gasteiger partial charge on any atom is -0.497 e. The zero-order valence-electron chi connectivity index (χ0n) is 22.9. The number of amides is 3. The summed E-state index contributed by atoms with van der Waals surface area (Å²) in [5.41, 5.74) is 8.94. The fourth-order valence-electron chi connectivity index (χ4n) is 3.68. The monoisotopic (exact) mass is 581 g/mol. The molecule has 0 aliphatic rings. The molecule has 0 aromatic heterocycles. The van der Waals surface area contributed by atoms with Gasteiger partial charge in [-0.2, -0.15) is 8.42 Å². The molecule has 12 nitrogen and oxygen atoms in total. The van der Waals surface area contributed by atoms with Gasteiger partial charge in [0.15, 0.2) is 0 Å². The summed E-state index contributed by atoms with van der Waals surface area (Å²) < 4.78 is 32.8. The second-order valence-corrected chi connectivity index (χ2v) is 11.0. The molecule has 3 amide bonds. The lowest BCUT2D eigenvalue weighted by atomic mass is 9.92. The second-order valence-electron chi connectivity index (χ2n) is 9.44. The molecular formula is C28H31N5O7S. The molecule has 0 radical (unpaired) electrons. The van der Waals surface area contributed by atoms with Crippen molar-refractivity contribution in [2.24, 2.45) is 11.7 Å². The van der Waals surface area contributed by atoms with Gasteiger partial charge < -0.3 is 21.1 Å². The van der Waals surface area contributed by atoms with E-state index in [0.29, 0.717) is 29.1 Å². The topological polar surface area (TPSA) is 190 Å². The Morgan fingerprint density at radius 2 is 1.46 bits per heavy atom. The number of benzene rings is 3. The number of carbonyl (C=O) groups excluding carboxylic acids is 3. The Kier molecular flexibility index (Phi) is 9.81. The summed E-state index contributed by atoms with van der Waals surface area (Å²) in [7, 11) is -2.60. The van der Waals surface area contributed by atoms with Crippen molar-refractivity contribution in [2.75, 3.05) is 25.2 Å². The first-order valence-corrected chi connectivity index (χ1v) is 14.2. The summed E-state index contributed by atoms with van der Waals surface area (Å²) in [5.74, 6) is -1.52. The standard InChI is InChI=1S/C28H31N5O7S/c1-16(2)15-31-26(34)18-7-11-21(23(13-18)28(36)33-40-41(4,37)38)22-12-10-20(39-3)14-24(22)27(35)32-19-8-5-17(6-9-19)25(29)30/h5-14,16H,15H2,1-4H3,(H3,29,30)(H,31,34)(H,32,35)(H,33,36). The van der Waals surface area contributed by atoms with Crippen LogP contribution in [0.4, 0.5) is 5.69 Å². The van der Waals surface area contributed by atoms with E-state index in [0.717, 1.165) is 6.26 Å². The number of amidine groups is 1. The van der Waals surface area contributed by atoms with Gasteiger partial charge in [-0.3, -0.25) is 19.8 Å². The van der Waals surface area contributed by atoms with Crippen LogP contribution in [0.1, 0.15) is 50.5 Å². The maximum Gasteiger partial charge on any atom is 0.285 e. The molecule has 216 valence electrons. The van der Waals surface area contributed by atoms with Crippen LogP contribution in [0.3, 0.4) is 0 Å². The van der Waals surface area contributed by atoms with Gasteiger partial charge in [0.25, 0.3) is 27.8 Å². The first-order chi connectivity index (χ1) is 19.3. The third-order valence-corrected chi connectivity index (χ3v) is 6.08. The fraction of sp³-hybridized carbons (Fsp3) is 0.214. The zero-order valence-corrected chi connectivity index (χ0v) is 23.7. The van der Waals surface area contributed by atoms with Crippen molar-refractivity contribution in [2.45, 2.75) is 13.8 Å². The highest BCUT2D eigenvalue weighted by Gasteiger charge is 2.22. The predicted molar refractivity (Wildman–Crippen MR) is 154 cm³/mol. The van der Waals surface area contributed by atoms with Crippen molar-refractivity contribution < 1.29 is 31.8 Å². The van der Waals surface area contributed by atoms with Gasteiger partial charge in [-0.1, -0.05) is 19.9 Å². The number of carbonyl (C=O) groups is 3. The largest absolute Gasteiger partial charge is 0.497 e. The Balaban J connectivity index is 2.09. The minimum atomic E-state index is -4.04.